The maximum absolute atomic E-state index is 12.3. The van der Waals surface area contributed by atoms with Crippen LogP contribution in [0.25, 0.3) is 0 Å². The molecule has 1 saturated heterocycles. The van der Waals surface area contributed by atoms with Crippen molar-refractivity contribution in [2.45, 2.75) is 33.2 Å². The summed E-state index contributed by atoms with van der Waals surface area (Å²) in [7, 11) is 1.93. The average molecular weight is 249 g/mol. The van der Waals surface area contributed by atoms with Crippen LogP contribution in [-0.4, -0.2) is 29.6 Å². The molecule has 0 bridgehead atoms. The van der Waals surface area contributed by atoms with Crippen LogP contribution in [0.5, 0.6) is 0 Å². The Kier molecular flexibility index (Phi) is 3.48. The minimum absolute atomic E-state index is 0.0329. The Hall–Kier alpha value is -1.29. The number of hydrogen-bond donors (Lipinski definition) is 2. The van der Waals surface area contributed by atoms with Gasteiger partial charge >= 0.3 is 0 Å². The Morgan fingerprint density at radius 3 is 2.78 bits per heavy atom. The van der Waals surface area contributed by atoms with E-state index in [1.54, 1.807) is 0 Å². The third kappa shape index (κ3) is 2.43. The molecule has 1 aliphatic rings. The third-order valence-electron chi connectivity index (χ3n) is 4.04. The van der Waals surface area contributed by atoms with Crippen molar-refractivity contribution in [3.8, 4) is 0 Å². The molecule has 4 heteroatoms. The lowest BCUT2D eigenvalue weighted by Crippen LogP contribution is -2.54. The van der Waals surface area contributed by atoms with E-state index in [4.69, 9.17) is 0 Å². The first-order valence-corrected chi connectivity index (χ1v) is 6.56. The van der Waals surface area contributed by atoms with Crippen molar-refractivity contribution in [3.63, 3.8) is 0 Å². The van der Waals surface area contributed by atoms with Crippen molar-refractivity contribution in [3.05, 3.63) is 23.5 Å². The van der Waals surface area contributed by atoms with E-state index in [1.807, 2.05) is 30.7 Å². The molecule has 2 heterocycles. The first-order chi connectivity index (χ1) is 8.42. The van der Waals surface area contributed by atoms with E-state index in [9.17, 15) is 4.79 Å². The van der Waals surface area contributed by atoms with Crippen molar-refractivity contribution in [2.75, 3.05) is 13.1 Å². The predicted molar refractivity (Wildman–Crippen MR) is 72.7 cm³/mol. The highest BCUT2D eigenvalue weighted by Crippen LogP contribution is 2.25. The highest BCUT2D eigenvalue weighted by atomic mass is 16.2. The fourth-order valence-corrected chi connectivity index (χ4v) is 2.51. The van der Waals surface area contributed by atoms with Gasteiger partial charge in [0.1, 0.15) is 5.69 Å². The predicted octanol–water partition coefficient (Wildman–Crippen LogP) is 1.45. The van der Waals surface area contributed by atoms with Gasteiger partial charge in [-0.15, -0.1) is 0 Å². The van der Waals surface area contributed by atoms with Gasteiger partial charge in [-0.1, -0.05) is 13.8 Å². The van der Waals surface area contributed by atoms with Gasteiger partial charge in [0.15, 0.2) is 0 Å². The summed E-state index contributed by atoms with van der Waals surface area (Å²) in [5, 5.41) is 6.56. The van der Waals surface area contributed by atoms with Crippen LogP contribution in [0.4, 0.5) is 0 Å². The third-order valence-corrected chi connectivity index (χ3v) is 4.04. The van der Waals surface area contributed by atoms with Gasteiger partial charge in [0.25, 0.3) is 5.91 Å². The molecule has 1 aliphatic heterocycles. The Morgan fingerprint density at radius 2 is 2.22 bits per heavy atom. The molecule has 100 valence electrons. The second-order valence-corrected chi connectivity index (χ2v) is 5.90. The molecule has 0 radical (unpaired) electrons. The summed E-state index contributed by atoms with van der Waals surface area (Å²) in [5.41, 5.74) is 1.94. The summed E-state index contributed by atoms with van der Waals surface area (Å²) in [6.45, 7) is 8.32. The van der Waals surface area contributed by atoms with Gasteiger partial charge in [0.05, 0.1) is 0 Å². The minimum Gasteiger partial charge on any atom is -0.347 e. The highest BCUT2D eigenvalue weighted by Gasteiger charge is 2.33. The van der Waals surface area contributed by atoms with Crippen molar-refractivity contribution < 1.29 is 4.79 Å². The zero-order valence-corrected chi connectivity index (χ0v) is 11.7. The van der Waals surface area contributed by atoms with Crippen LogP contribution in [0.1, 0.15) is 36.5 Å². The van der Waals surface area contributed by atoms with E-state index >= 15 is 0 Å². The second kappa shape index (κ2) is 4.76. The fraction of sp³-hybridized carbons (Fsp3) is 0.643. The Balaban J connectivity index is 2.09. The molecule has 0 spiro atoms. The Bertz CT molecular complexity index is 448. The molecular formula is C14H23N3O. The largest absolute Gasteiger partial charge is 0.347 e. The van der Waals surface area contributed by atoms with Crippen molar-refractivity contribution >= 4 is 5.91 Å². The summed E-state index contributed by atoms with van der Waals surface area (Å²) in [4.78, 5) is 12.3. The summed E-state index contributed by atoms with van der Waals surface area (Å²) < 4.78 is 1.93. The number of amides is 1. The molecular weight excluding hydrogens is 226 g/mol. The molecule has 1 atom stereocenters. The van der Waals surface area contributed by atoms with Gasteiger partial charge in [-0.05, 0) is 37.4 Å². The minimum atomic E-state index is 0.0329. The zero-order valence-electron chi connectivity index (χ0n) is 11.7. The number of piperidine rings is 1. The number of nitrogens with one attached hydrogen (secondary N) is 2. The molecule has 4 nitrogen and oxygen atoms in total. The molecule has 1 aromatic rings. The smallest absolute Gasteiger partial charge is 0.268 e. The fourth-order valence-electron chi connectivity index (χ4n) is 2.51. The summed E-state index contributed by atoms with van der Waals surface area (Å²) in [6.07, 6.45) is 0.988. The lowest BCUT2D eigenvalue weighted by Gasteiger charge is -2.39. The first-order valence-electron chi connectivity index (χ1n) is 6.56. The van der Waals surface area contributed by atoms with Crippen LogP contribution in [0.15, 0.2) is 12.1 Å². The van der Waals surface area contributed by atoms with Crippen LogP contribution in [-0.2, 0) is 7.05 Å². The molecule has 2 N–H and O–H groups in total. The van der Waals surface area contributed by atoms with Crippen LogP contribution >= 0.6 is 0 Å². The number of nitrogens with zero attached hydrogens (tertiary/aromatic N) is 1. The molecule has 0 aromatic carbocycles. The number of rotatable bonds is 2. The average Bonchev–Trinajstić information content (AvgIpc) is 2.63. The van der Waals surface area contributed by atoms with Crippen LogP contribution in [0, 0.1) is 12.3 Å². The zero-order chi connectivity index (χ0) is 13.3. The van der Waals surface area contributed by atoms with E-state index in [2.05, 4.69) is 24.5 Å². The lowest BCUT2D eigenvalue weighted by molar-refractivity contribution is 0.0860. The van der Waals surface area contributed by atoms with Crippen LogP contribution in [0.2, 0.25) is 0 Å². The standard InChI is InChI=1S/C14H23N3O/c1-10-5-6-11(17(10)4)13(18)16-12-7-8-15-9-14(12,2)3/h5-6,12,15H,7-9H2,1-4H3,(H,16,18). The van der Waals surface area contributed by atoms with E-state index < -0.39 is 0 Å². The summed E-state index contributed by atoms with van der Waals surface area (Å²) >= 11 is 0. The highest BCUT2D eigenvalue weighted by molar-refractivity contribution is 5.93. The van der Waals surface area contributed by atoms with Crippen LogP contribution in [0.3, 0.4) is 0 Å². The quantitative estimate of drug-likeness (QED) is 0.833. The molecule has 1 unspecified atom stereocenters. The molecule has 1 aromatic heterocycles. The first kappa shape index (κ1) is 13.1. The summed E-state index contributed by atoms with van der Waals surface area (Å²) in [5.74, 6) is 0.0329. The van der Waals surface area contributed by atoms with Crippen molar-refractivity contribution in [2.24, 2.45) is 12.5 Å². The molecule has 2 rings (SSSR count). The van der Waals surface area contributed by atoms with E-state index in [0.29, 0.717) is 0 Å². The number of aryl methyl sites for hydroxylation is 1. The molecule has 18 heavy (non-hydrogen) atoms. The van der Waals surface area contributed by atoms with Crippen molar-refractivity contribution in [1.29, 1.82) is 0 Å². The monoisotopic (exact) mass is 249 g/mol. The van der Waals surface area contributed by atoms with Crippen molar-refractivity contribution in [1.82, 2.24) is 15.2 Å². The summed E-state index contributed by atoms with van der Waals surface area (Å²) in [6, 6.07) is 4.10. The van der Waals surface area contributed by atoms with E-state index in [1.165, 1.54) is 0 Å². The molecule has 1 amide bonds. The topological polar surface area (TPSA) is 46.1 Å². The normalized spacial score (nSPS) is 22.8. The second-order valence-electron chi connectivity index (χ2n) is 5.90. The Labute approximate surface area is 109 Å². The maximum atomic E-state index is 12.3. The number of carbonyl (C=O) groups excluding carboxylic acids is 1. The van der Waals surface area contributed by atoms with Crippen LogP contribution < -0.4 is 10.6 Å². The Morgan fingerprint density at radius 1 is 1.50 bits per heavy atom. The van der Waals surface area contributed by atoms with E-state index in [-0.39, 0.29) is 17.4 Å². The lowest BCUT2D eigenvalue weighted by atomic mass is 9.80. The molecule has 0 aliphatic carbocycles. The van der Waals surface area contributed by atoms with Gasteiger partial charge in [-0.2, -0.15) is 0 Å². The van der Waals surface area contributed by atoms with Gasteiger partial charge in [0.2, 0.25) is 0 Å². The van der Waals surface area contributed by atoms with E-state index in [0.717, 1.165) is 30.9 Å². The molecule has 0 saturated carbocycles. The van der Waals surface area contributed by atoms with Gasteiger partial charge in [-0.25, -0.2) is 0 Å². The number of aromatic nitrogens is 1. The number of carbonyl (C=O) groups is 1. The van der Waals surface area contributed by atoms with Gasteiger partial charge in [0, 0.05) is 25.3 Å². The van der Waals surface area contributed by atoms with Gasteiger partial charge < -0.3 is 15.2 Å². The maximum Gasteiger partial charge on any atom is 0.268 e. The SMILES string of the molecule is Cc1ccc(C(=O)NC2CCNCC2(C)C)n1C. The number of hydrogen-bond acceptors (Lipinski definition) is 2. The van der Waals surface area contributed by atoms with Gasteiger partial charge in [-0.3, -0.25) is 4.79 Å². The molecule has 1 fully saturated rings.